The van der Waals surface area contributed by atoms with Gasteiger partial charge in [-0.25, -0.2) is 18.4 Å². The molecule has 7 nitrogen and oxygen atoms in total. The van der Waals surface area contributed by atoms with Gasteiger partial charge in [-0.3, -0.25) is 9.55 Å². The molecule has 0 spiro atoms. The molecular weight excluding hydrogens is 290 g/mol. The molecular formula is C13H17N5O2S. The van der Waals surface area contributed by atoms with E-state index in [0.29, 0.717) is 11.6 Å². The Hall–Kier alpha value is -1.96. The summed E-state index contributed by atoms with van der Waals surface area (Å²) in [5.41, 5.74) is 0. The summed E-state index contributed by atoms with van der Waals surface area (Å²) in [6, 6.07) is -0.122. The van der Waals surface area contributed by atoms with Gasteiger partial charge in [0.25, 0.3) is 0 Å². The molecule has 0 saturated carbocycles. The second-order valence-electron chi connectivity index (χ2n) is 5.41. The van der Waals surface area contributed by atoms with Crippen LogP contribution in [-0.2, 0) is 9.84 Å². The fourth-order valence-electron chi connectivity index (χ4n) is 2.56. The summed E-state index contributed by atoms with van der Waals surface area (Å²) < 4.78 is 25.1. The van der Waals surface area contributed by atoms with Crippen molar-refractivity contribution in [1.82, 2.24) is 19.5 Å². The fraction of sp³-hybridized carbons (Fsp3) is 0.462. The van der Waals surface area contributed by atoms with Crippen molar-refractivity contribution in [3.63, 3.8) is 0 Å². The lowest BCUT2D eigenvalue weighted by molar-refractivity contribution is 0.591. The van der Waals surface area contributed by atoms with E-state index in [9.17, 15) is 8.42 Å². The molecule has 3 heterocycles. The molecule has 0 aromatic carbocycles. The zero-order valence-corrected chi connectivity index (χ0v) is 12.7. The number of hydrogen-bond acceptors (Lipinski definition) is 6. The number of anilines is 1. The first-order valence-electron chi connectivity index (χ1n) is 6.74. The second kappa shape index (κ2) is 5.10. The van der Waals surface area contributed by atoms with E-state index in [1.165, 1.54) is 0 Å². The Morgan fingerprint density at radius 1 is 1.33 bits per heavy atom. The zero-order valence-electron chi connectivity index (χ0n) is 11.9. The summed E-state index contributed by atoms with van der Waals surface area (Å²) in [5, 5.41) is 3.18. The Bertz CT molecular complexity index is 755. The van der Waals surface area contributed by atoms with E-state index in [-0.39, 0.29) is 23.5 Å². The molecule has 0 radical (unpaired) electrons. The summed E-state index contributed by atoms with van der Waals surface area (Å²) in [7, 11) is -2.95. The third kappa shape index (κ3) is 2.90. The van der Waals surface area contributed by atoms with Gasteiger partial charge < -0.3 is 5.32 Å². The van der Waals surface area contributed by atoms with Crippen molar-refractivity contribution in [2.45, 2.75) is 19.9 Å². The summed E-state index contributed by atoms with van der Waals surface area (Å²) in [6.07, 6.45) is 6.76. The van der Waals surface area contributed by atoms with E-state index in [2.05, 4.69) is 20.3 Å². The summed E-state index contributed by atoms with van der Waals surface area (Å²) in [5.74, 6) is 2.48. The lowest BCUT2D eigenvalue weighted by Crippen LogP contribution is -2.27. The van der Waals surface area contributed by atoms with Crippen LogP contribution in [0.1, 0.15) is 12.7 Å². The molecule has 0 unspecified atom stereocenters. The molecule has 8 heteroatoms. The van der Waals surface area contributed by atoms with E-state index in [4.69, 9.17) is 0 Å². The van der Waals surface area contributed by atoms with E-state index < -0.39 is 9.84 Å². The molecule has 1 saturated heterocycles. The zero-order chi connectivity index (χ0) is 15.0. The molecule has 0 aliphatic carbocycles. The van der Waals surface area contributed by atoms with Crippen LogP contribution in [0.3, 0.4) is 0 Å². The molecule has 1 N–H and O–H groups in total. The highest BCUT2D eigenvalue weighted by Crippen LogP contribution is 2.22. The topological polar surface area (TPSA) is 89.8 Å². The summed E-state index contributed by atoms with van der Waals surface area (Å²) in [6.45, 7) is 3.81. The van der Waals surface area contributed by atoms with E-state index in [1.807, 2.05) is 24.6 Å². The van der Waals surface area contributed by atoms with E-state index >= 15 is 0 Å². The third-order valence-electron chi connectivity index (χ3n) is 3.66. The number of aryl methyl sites for hydroxylation is 1. The first-order chi connectivity index (χ1) is 9.94. The van der Waals surface area contributed by atoms with Crippen LogP contribution in [0, 0.1) is 12.8 Å². The highest BCUT2D eigenvalue weighted by molar-refractivity contribution is 7.91. The lowest BCUT2D eigenvalue weighted by Gasteiger charge is -2.16. The van der Waals surface area contributed by atoms with Crippen LogP contribution in [0.2, 0.25) is 0 Å². The van der Waals surface area contributed by atoms with Crippen molar-refractivity contribution >= 4 is 15.7 Å². The molecule has 1 fully saturated rings. The molecule has 112 valence electrons. The Kier molecular flexibility index (Phi) is 3.40. The maximum atomic E-state index is 11.7. The van der Waals surface area contributed by atoms with Crippen molar-refractivity contribution in [2.24, 2.45) is 5.92 Å². The van der Waals surface area contributed by atoms with Crippen LogP contribution in [0.5, 0.6) is 0 Å². The predicted octanol–water partition coefficient (Wildman–Crippen LogP) is 0.816. The Labute approximate surface area is 123 Å². The molecule has 1 aliphatic rings. The van der Waals surface area contributed by atoms with Gasteiger partial charge in [0, 0.05) is 18.4 Å². The first kappa shape index (κ1) is 14.0. The molecule has 0 bridgehead atoms. The lowest BCUT2D eigenvalue weighted by atomic mass is 10.1. The SMILES string of the molecule is Cc1nccn1-c1cncc(N[C@@H]2CS(=O)(=O)C[C@@H]2C)n1. The Morgan fingerprint density at radius 3 is 2.76 bits per heavy atom. The number of nitrogens with zero attached hydrogens (tertiary/aromatic N) is 4. The van der Waals surface area contributed by atoms with Gasteiger partial charge in [0.15, 0.2) is 15.7 Å². The van der Waals surface area contributed by atoms with Gasteiger partial charge in [-0.1, -0.05) is 6.92 Å². The summed E-state index contributed by atoms with van der Waals surface area (Å²) >= 11 is 0. The van der Waals surface area contributed by atoms with Gasteiger partial charge in [-0.05, 0) is 12.8 Å². The smallest absolute Gasteiger partial charge is 0.159 e. The minimum atomic E-state index is -2.95. The number of imidazole rings is 1. The van der Waals surface area contributed by atoms with Gasteiger partial charge in [-0.2, -0.15) is 0 Å². The predicted molar refractivity (Wildman–Crippen MR) is 79.1 cm³/mol. The van der Waals surface area contributed by atoms with Gasteiger partial charge in [0.05, 0.1) is 23.9 Å². The van der Waals surface area contributed by atoms with Crippen molar-refractivity contribution < 1.29 is 8.42 Å². The second-order valence-corrected chi connectivity index (χ2v) is 7.57. The normalized spacial score (nSPS) is 24.1. The largest absolute Gasteiger partial charge is 0.365 e. The van der Waals surface area contributed by atoms with Gasteiger partial charge >= 0.3 is 0 Å². The fourth-order valence-corrected chi connectivity index (χ4v) is 4.69. The average molecular weight is 307 g/mol. The minimum absolute atomic E-state index is 0.0652. The van der Waals surface area contributed by atoms with Crippen molar-refractivity contribution in [2.75, 3.05) is 16.8 Å². The van der Waals surface area contributed by atoms with Crippen molar-refractivity contribution in [1.29, 1.82) is 0 Å². The quantitative estimate of drug-likeness (QED) is 0.903. The van der Waals surface area contributed by atoms with Crippen LogP contribution < -0.4 is 5.32 Å². The maximum absolute atomic E-state index is 11.7. The average Bonchev–Trinajstić information content (AvgIpc) is 2.93. The molecule has 2 atom stereocenters. The third-order valence-corrected chi connectivity index (χ3v) is 5.57. The molecule has 21 heavy (non-hydrogen) atoms. The van der Waals surface area contributed by atoms with E-state index in [0.717, 1.165) is 5.82 Å². The minimum Gasteiger partial charge on any atom is -0.365 e. The Balaban J connectivity index is 1.83. The Morgan fingerprint density at radius 2 is 2.14 bits per heavy atom. The number of rotatable bonds is 3. The maximum Gasteiger partial charge on any atom is 0.159 e. The molecule has 3 rings (SSSR count). The van der Waals surface area contributed by atoms with Crippen molar-refractivity contribution in [3.8, 4) is 5.82 Å². The summed E-state index contributed by atoms with van der Waals surface area (Å²) in [4.78, 5) is 12.8. The number of sulfone groups is 1. The highest BCUT2D eigenvalue weighted by Gasteiger charge is 2.34. The molecule has 0 amide bonds. The molecule has 2 aromatic heterocycles. The van der Waals surface area contributed by atoms with Crippen LogP contribution in [0.25, 0.3) is 5.82 Å². The van der Waals surface area contributed by atoms with Crippen LogP contribution >= 0.6 is 0 Å². The molecule has 2 aromatic rings. The van der Waals surface area contributed by atoms with Crippen LogP contribution in [0.15, 0.2) is 24.8 Å². The first-order valence-corrected chi connectivity index (χ1v) is 8.56. The monoisotopic (exact) mass is 307 g/mol. The molecule has 1 aliphatic heterocycles. The number of nitrogens with one attached hydrogen (secondary N) is 1. The van der Waals surface area contributed by atoms with Gasteiger partial charge in [-0.15, -0.1) is 0 Å². The van der Waals surface area contributed by atoms with Crippen molar-refractivity contribution in [3.05, 3.63) is 30.6 Å². The number of aromatic nitrogens is 4. The van der Waals surface area contributed by atoms with Crippen LogP contribution in [-0.4, -0.2) is 45.5 Å². The van der Waals surface area contributed by atoms with Gasteiger partial charge in [0.1, 0.15) is 11.6 Å². The van der Waals surface area contributed by atoms with Gasteiger partial charge in [0.2, 0.25) is 0 Å². The highest BCUT2D eigenvalue weighted by atomic mass is 32.2. The standard InChI is InChI=1S/C13H17N5O2S/c1-9-7-21(19,20)8-11(9)16-12-5-14-6-13(17-12)18-4-3-15-10(18)2/h3-6,9,11H,7-8H2,1-2H3,(H,16,17)/t9-,11+/m0/s1. The van der Waals surface area contributed by atoms with E-state index in [1.54, 1.807) is 18.6 Å². The number of hydrogen-bond donors (Lipinski definition) is 1. The van der Waals surface area contributed by atoms with Crippen LogP contribution in [0.4, 0.5) is 5.82 Å².